The fourth-order valence-corrected chi connectivity index (χ4v) is 9.13. The average Bonchev–Trinajstić information content (AvgIpc) is 4.14. The van der Waals surface area contributed by atoms with Gasteiger partial charge in [0, 0.05) is 31.0 Å². The van der Waals surface area contributed by atoms with Crippen LogP contribution in [0, 0.1) is 17.8 Å². The molecule has 442 valence electrons. The number of amides is 11. The zero-order valence-corrected chi connectivity index (χ0v) is 47.5. The van der Waals surface area contributed by atoms with Crippen LogP contribution in [0.3, 0.4) is 0 Å². The molecule has 0 bridgehead atoms. The lowest BCUT2D eigenvalue weighted by atomic mass is 9.96. The molecule has 2 fully saturated rings. The maximum atomic E-state index is 14.5. The van der Waals surface area contributed by atoms with E-state index in [4.69, 9.17) is 11.5 Å². The van der Waals surface area contributed by atoms with Gasteiger partial charge in [-0.15, -0.1) is 0 Å². The van der Waals surface area contributed by atoms with Gasteiger partial charge in [0.2, 0.25) is 65.0 Å². The second kappa shape index (κ2) is 33.0. The maximum Gasteiger partial charge on any atom is 0.326 e. The molecule has 2 heterocycles. The lowest BCUT2D eigenvalue weighted by Crippen LogP contribution is -2.62. The quantitative estimate of drug-likeness (QED) is 0.0285. The lowest BCUT2D eigenvalue weighted by Gasteiger charge is -2.35. The van der Waals surface area contributed by atoms with E-state index in [9.17, 15) is 72.9 Å². The van der Waals surface area contributed by atoms with E-state index in [1.165, 1.54) is 23.6 Å². The molecule has 0 aromatic carbocycles. The molecule has 78 heavy (non-hydrogen) atoms. The van der Waals surface area contributed by atoms with Crippen molar-refractivity contribution in [3.8, 4) is 0 Å². The van der Waals surface area contributed by atoms with Gasteiger partial charge in [0.05, 0.1) is 18.8 Å². The molecule has 0 unspecified atom stereocenters. The first kappa shape index (κ1) is 68.3. The van der Waals surface area contributed by atoms with E-state index >= 15 is 0 Å². The topological polar surface area (TPSA) is 420 Å². The fraction of sp³-hybridized carbons (Fsp3) is 0.755. The van der Waals surface area contributed by atoms with E-state index in [-0.39, 0.29) is 56.2 Å². The predicted octanol–water partition coefficient (Wildman–Crippen LogP) is -4.08. The van der Waals surface area contributed by atoms with Crippen LogP contribution in [-0.4, -0.2) is 200 Å². The van der Waals surface area contributed by atoms with Crippen LogP contribution in [0.5, 0.6) is 0 Å². The first-order valence-electron chi connectivity index (χ1n) is 26.5. The monoisotopic (exact) mass is 1140 g/mol. The van der Waals surface area contributed by atoms with Gasteiger partial charge in [-0.25, -0.2) is 4.79 Å². The first-order valence-corrected chi connectivity index (χ1v) is 27.7. The van der Waals surface area contributed by atoms with Crippen molar-refractivity contribution in [3.63, 3.8) is 0 Å². The molecule has 2 aliphatic rings. The highest BCUT2D eigenvalue weighted by Gasteiger charge is 2.46. The molecule has 0 radical (unpaired) electrons. The molecule has 15 N–H and O–H groups in total. The minimum atomic E-state index is -1.66. The van der Waals surface area contributed by atoms with E-state index in [0.717, 1.165) is 0 Å². The van der Waals surface area contributed by atoms with Gasteiger partial charge < -0.3 is 79.1 Å². The molecule has 0 aromatic rings. The molecular formula is C49H84N12O15S2. The van der Waals surface area contributed by atoms with Crippen molar-refractivity contribution in [1.82, 2.24) is 52.3 Å². The number of aliphatic carboxylic acids is 1. The Kier molecular flexibility index (Phi) is 28.9. The molecule has 0 aliphatic carbocycles. The highest BCUT2D eigenvalue weighted by Crippen LogP contribution is 2.27. The summed E-state index contributed by atoms with van der Waals surface area (Å²) < 4.78 is 0. The number of likely N-dealkylation sites (tertiary alicyclic amines) is 2. The van der Waals surface area contributed by atoms with Crippen LogP contribution in [-0.2, 0) is 57.5 Å². The first-order chi connectivity index (χ1) is 36.6. The summed E-state index contributed by atoms with van der Waals surface area (Å²) >= 11 is 8.28. The van der Waals surface area contributed by atoms with Crippen LogP contribution in [0.4, 0.5) is 0 Å². The van der Waals surface area contributed by atoms with Crippen LogP contribution in [0.15, 0.2) is 0 Å². The van der Waals surface area contributed by atoms with Crippen LogP contribution >= 0.6 is 25.3 Å². The molecule has 15 atom stereocenters. The average molecular weight is 1150 g/mol. The molecule has 2 aliphatic heterocycles. The van der Waals surface area contributed by atoms with E-state index in [0.29, 0.717) is 32.1 Å². The Morgan fingerprint density at radius 1 is 0.564 bits per heavy atom. The molecule has 27 nitrogen and oxygen atoms in total. The summed E-state index contributed by atoms with van der Waals surface area (Å²) in [7, 11) is 0. The molecule has 0 saturated carbocycles. The van der Waals surface area contributed by atoms with Crippen molar-refractivity contribution >= 4 is 96.2 Å². The number of nitrogens with two attached hydrogens (primary N) is 2. The maximum absolute atomic E-state index is 14.5. The number of aliphatic hydroxyl groups excluding tert-OH is 2. The molecule has 29 heteroatoms. The van der Waals surface area contributed by atoms with E-state index in [1.54, 1.807) is 34.6 Å². The highest BCUT2D eigenvalue weighted by atomic mass is 32.1. The third-order valence-corrected chi connectivity index (χ3v) is 15.1. The van der Waals surface area contributed by atoms with E-state index in [2.05, 4.69) is 67.8 Å². The lowest BCUT2D eigenvalue weighted by molar-refractivity contribution is -0.149. The third kappa shape index (κ3) is 19.5. The summed E-state index contributed by atoms with van der Waals surface area (Å²) in [5, 5.41) is 49.9. The number of carbonyl (C=O) groups excluding carboxylic acids is 11. The number of primary amides is 1. The fourth-order valence-electron chi connectivity index (χ4n) is 8.61. The van der Waals surface area contributed by atoms with Gasteiger partial charge in [-0.2, -0.15) is 25.3 Å². The van der Waals surface area contributed by atoms with Crippen LogP contribution in [0.2, 0.25) is 0 Å². The van der Waals surface area contributed by atoms with Crippen LogP contribution < -0.4 is 54.0 Å². The minimum Gasteiger partial charge on any atom is -0.480 e. The number of nitrogens with one attached hydrogen (secondary N) is 8. The van der Waals surface area contributed by atoms with Crippen molar-refractivity contribution < 1.29 is 72.9 Å². The summed E-state index contributed by atoms with van der Waals surface area (Å²) in [5.41, 5.74) is 11.1. The van der Waals surface area contributed by atoms with Crippen molar-refractivity contribution in [2.24, 2.45) is 29.2 Å². The summed E-state index contributed by atoms with van der Waals surface area (Å²) in [5.74, 6) is -11.9. The van der Waals surface area contributed by atoms with Crippen molar-refractivity contribution in [2.75, 3.05) is 31.2 Å². The van der Waals surface area contributed by atoms with Crippen molar-refractivity contribution in [3.05, 3.63) is 0 Å². The van der Waals surface area contributed by atoms with Gasteiger partial charge in [0.25, 0.3) is 0 Å². The molecule has 0 aromatic heterocycles. The number of hydrogen-bond donors (Lipinski definition) is 15. The van der Waals surface area contributed by atoms with Crippen molar-refractivity contribution in [1.29, 1.82) is 0 Å². The number of carboxylic acid groups (broad SMARTS) is 1. The Hall–Kier alpha value is -5.78. The van der Waals surface area contributed by atoms with Gasteiger partial charge in [0.15, 0.2) is 0 Å². The molecule has 2 saturated heterocycles. The zero-order valence-electron chi connectivity index (χ0n) is 45.7. The number of thiol groups is 2. The standard InChI is InChI=1S/C49H84N12O15S2/c1-9-23(4)35(51)44(70)55-31(22-78)42(68)59-38(27(8)63)46(72)52-26(7)39(65)54-29(20-62)40(66)58-37(25(6)11-3)48(74)61-19-13-15-33(61)47(73)60-18-12-14-32(60)43(69)57-36(24(5)10-2)45(71)56-30(21-77)41(67)53-28(49(75)76)16-17-34(50)64/h23-33,35-38,62-63,77-78H,9-22,51H2,1-8H3,(H2,50,64)(H,52,72)(H,53,67)(H,54,65)(H,55,70)(H,56,71)(H,57,69)(H,58,66)(H,59,68)(H,75,76)/t23-,24-,25-,26-,27+,28-,29-,30-,31-,32-,33-,35-,36-,37-,38-/m0/s1. The van der Waals surface area contributed by atoms with E-state index in [1.807, 2.05) is 6.92 Å². The summed E-state index contributed by atoms with van der Waals surface area (Å²) in [6.07, 6.45) is 0.420. The van der Waals surface area contributed by atoms with Gasteiger partial charge in [0.1, 0.15) is 60.4 Å². The Labute approximate surface area is 465 Å². The normalized spacial score (nSPS) is 20.2. The minimum absolute atomic E-state index is 0.110. The number of hydrogen-bond acceptors (Lipinski definition) is 17. The number of carboxylic acids is 1. The molecule has 11 amide bonds. The third-order valence-electron chi connectivity index (χ3n) is 14.3. The Morgan fingerprint density at radius 2 is 1.03 bits per heavy atom. The highest BCUT2D eigenvalue weighted by molar-refractivity contribution is 7.80. The number of rotatable bonds is 32. The second-order valence-electron chi connectivity index (χ2n) is 20.1. The molecule has 2 rings (SSSR count). The van der Waals surface area contributed by atoms with Gasteiger partial charge in [-0.3, -0.25) is 52.7 Å². The molecular weight excluding hydrogens is 1060 g/mol. The summed E-state index contributed by atoms with van der Waals surface area (Å²) in [6, 6.07) is -14.3. The summed E-state index contributed by atoms with van der Waals surface area (Å²) in [4.78, 5) is 162. The number of carbonyl (C=O) groups is 12. The van der Waals surface area contributed by atoms with Crippen molar-refractivity contribution in [2.45, 2.75) is 186 Å². The number of nitrogens with zero attached hydrogens (tertiary/aromatic N) is 2. The Morgan fingerprint density at radius 3 is 1.54 bits per heavy atom. The van der Waals surface area contributed by atoms with Gasteiger partial charge in [-0.1, -0.05) is 60.8 Å². The van der Waals surface area contributed by atoms with Crippen LogP contribution in [0.1, 0.15) is 113 Å². The largest absolute Gasteiger partial charge is 0.480 e. The zero-order chi connectivity index (χ0) is 59.3. The van der Waals surface area contributed by atoms with Gasteiger partial charge >= 0.3 is 5.97 Å². The Bertz CT molecular complexity index is 2140. The van der Waals surface area contributed by atoms with E-state index < -0.39 is 162 Å². The Balaban J connectivity index is 2.20. The predicted molar refractivity (Wildman–Crippen MR) is 289 cm³/mol. The second-order valence-corrected chi connectivity index (χ2v) is 20.9. The van der Waals surface area contributed by atoms with Gasteiger partial charge in [-0.05, 0) is 63.7 Å². The molecule has 0 spiro atoms. The number of aliphatic hydroxyl groups is 2. The smallest absolute Gasteiger partial charge is 0.326 e. The SMILES string of the molecule is CC[C@H](C)[C@H](N)C(=O)N[C@@H](CS)C(=O)N[C@H](C(=O)N[C@@H](C)C(=O)N[C@@H](CO)C(=O)N[C@H](C(=O)N1CCC[C@H]1C(=O)N1CCC[C@H]1C(=O)N[C@H](C(=O)N[C@@H](CS)C(=O)N[C@@H](CCC(N)=O)C(=O)O)[C@@H](C)CC)[C@@H](C)CC)[C@@H](C)O. The van der Waals surface area contributed by atoms with Crippen LogP contribution in [0.25, 0.3) is 0 Å². The summed E-state index contributed by atoms with van der Waals surface area (Å²) in [6.45, 7) is 12.2.